The largest absolute Gasteiger partial charge is 0.475 e. The van der Waals surface area contributed by atoms with E-state index < -0.39 is 15.8 Å². The summed E-state index contributed by atoms with van der Waals surface area (Å²) < 4.78 is 22.9. The summed E-state index contributed by atoms with van der Waals surface area (Å²) >= 11 is 0. The van der Waals surface area contributed by atoms with E-state index in [1.165, 1.54) is 0 Å². The fourth-order valence-corrected chi connectivity index (χ4v) is 2.48. The highest BCUT2D eigenvalue weighted by molar-refractivity contribution is 7.91. The predicted octanol–water partition coefficient (Wildman–Crippen LogP) is 1.17. The van der Waals surface area contributed by atoms with Crippen LogP contribution >= 0.6 is 0 Å². The van der Waals surface area contributed by atoms with Crippen LogP contribution in [0, 0.1) is 0 Å². The molecule has 1 aromatic carbocycles. The van der Waals surface area contributed by atoms with Gasteiger partial charge in [-0.3, -0.25) is 0 Å². The molecule has 0 aliphatic carbocycles. The zero-order chi connectivity index (χ0) is 15.5. The molecule has 0 saturated heterocycles. The standard InChI is InChI=1S/C13H15N3O4S/c1-2-21(19,20)8-7-14-11-9-5-3-4-6-10(9)15-12(16-11)13(17)18/h3-6H,2,7-8H2,1H3,(H,17,18)(H,14,15,16). The first-order valence-electron chi connectivity index (χ1n) is 6.37. The van der Waals surface area contributed by atoms with E-state index in [1.807, 2.05) is 0 Å². The van der Waals surface area contributed by atoms with Crippen molar-refractivity contribution in [1.82, 2.24) is 9.97 Å². The molecule has 8 heteroatoms. The molecule has 0 saturated carbocycles. The third-order valence-corrected chi connectivity index (χ3v) is 4.65. The summed E-state index contributed by atoms with van der Waals surface area (Å²) in [6.07, 6.45) is 0. The van der Waals surface area contributed by atoms with E-state index in [4.69, 9.17) is 5.11 Å². The molecule has 7 nitrogen and oxygen atoms in total. The topological polar surface area (TPSA) is 109 Å². The van der Waals surface area contributed by atoms with Gasteiger partial charge in [0.2, 0.25) is 5.82 Å². The monoisotopic (exact) mass is 309 g/mol. The molecule has 0 unspecified atom stereocenters. The molecule has 1 aromatic heterocycles. The predicted molar refractivity (Wildman–Crippen MR) is 79.3 cm³/mol. The molecule has 0 aliphatic heterocycles. The molecule has 0 radical (unpaired) electrons. The van der Waals surface area contributed by atoms with Crippen molar-refractivity contribution in [1.29, 1.82) is 0 Å². The Bertz CT molecular complexity index is 774. The van der Waals surface area contributed by atoms with Gasteiger partial charge in [0.15, 0.2) is 9.84 Å². The molecule has 21 heavy (non-hydrogen) atoms. The highest BCUT2D eigenvalue weighted by Crippen LogP contribution is 2.19. The normalized spacial score (nSPS) is 11.5. The van der Waals surface area contributed by atoms with Gasteiger partial charge in [-0.1, -0.05) is 19.1 Å². The molecule has 0 atom stereocenters. The van der Waals surface area contributed by atoms with Crippen LogP contribution in [0.2, 0.25) is 0 Å². The summed E-state index contributed by atoms with van der Waals surface area (Å²) in [6, 6.07) is 6.95. The van der Waals surface area contributed by atoms with Crippen molar-refractivity contribution in [2.75, 3.05) is 23.4 Å². The zero-order valence-electron chi connectivity index (χ0n) is 11.4. The summed E-state index contributed by atoms with van der Waals surface area (Å²) in [5, 5.41) is 12.5. The smallest absolute Gasteiger partial charge is 0.374 e. The molecule has 0 aliphatic rings. The van der Waals surface area contributed by atoms with Gasteiger partial charge in [-0.2, -0.15) is 0 Å². The summed E-state index contributed by atoms with van der Waals surface area (Å²) in [6.45, 7) is 1.74. The van der Waals surface area contributed by atoms with Crippen LogP contribution in [-0.2, 0) is 9.84 Å². The van der Waals surface area contributed by atoms with E-state index in [0.29, 0.717) is 16.7 Å². The van der Waals surface area contributed by atoms with E-state index in [9.17, 15) is 13.2 Å². The average molecular weight is 309 g/mol. The summed E-state index contributed by atoms with van der Waals surface area (Å²) in [4.78, 5) is 18.9. The Morgan fingerprint density at radius 2 is 2.00 bits per heavy atom. The molecule has 1 heterocycles. The van der Waals surface area contributed by atoms with Gasteiger partial charge < -0.3 is 10.4 Å². The van der Waals surface area contributed by atoms with E-state index in [0.717, 1.165) is 0 Å². The lowest BCUT2D eigenvalue weighted by molar-refractivity contribution is 0.0684. The minimum absolute atomic E-state index is 0.0375. The Labute approximate surface area is 122 Å². The molecule has 112 valence electrons. The van der Waals surface area contributed by atoms with Gasteiger partial charge in [0.25, 0.3) is 0 Å². The molecular weight excluding hydrogens is 294 g/mol. The van der Waals surface area contributed by atoms with Gasteiger partial charge in [-0.05, 0) is 12.1 Å². The van der Waals surface area contributed by atoms with Crippen LogP contribution in [0.5, 0.6) is 0 Å². The summed E-state index contributed by atoms with van der Waals surface area (Å²) in [5.41, 5.74) is 0.491. The van der Waals surface area contributed by atoms with Gasteiger partial charge in [0.1, 0.15) is 5.82 Å². The summed E-state index contributed by atoms with van der Waals surface area (Å²) in [5.74, 6) is -1.20. The number of sulfone groups is 1. The Kier molecular flexibility index (Phi) is 4.37. The number of hydrogen-bond donors (Lipinski definition) is 2. The second kappa shape index (κ2) is 6.04. The average Bonchev–Trinajstić information content (AvgIpc) is 2.46. The number of nitrogens with zero attached hydrogens (tertiary/aromatic N) is 2. The maximum atomic E-state index is 11.5. The second-order valence-corrected chi connectivity index (χ2v) is 6.85. The lowest BCUT2D eigenvalue weighted by Gasteiger charge is -2.09. The minimum atomic E-state index is -3.09. The Morgan fingerprint density at radius 3 is 2.67 bits per heavy atom. The fraction of sp³-hybridized carbons (Fsp3) is 0.308. The number of anilines is 1. The highest BCUT2D eigenvalue weighted by atomic mass is 32.2. The third-order valence-electron chi connectivity index (χ3n) is 2.94. The number of carboxylic acid groups (broad SMARTS) is 1. The van der Waals surface area contributed by atoms with E-state index in [1.54, 1.807) is 31.2 Å². The first-order valence-corrected chi connectivity index (χ1v) is 8.19. The number of carbonyl (C=O) groups is 1. The molecule has 2 aromatic rings. The molecule has 0 amide bonds. The second-order valence-electron chi connectivity index (χ2n) is 4.38. The number of hydrogen-bond acceptors (Lipinski definition) is 6. The van der Waals surface area contributed by atoms with E-state index in [2.05, 4.69) is 15.3 Å². The van der Waals surface area contributed by atoms with Crippen LogP contribution < -0.4 is 5.32 Å². The highest BCUT2D eigenvalue weighted by Gasteiger charge is 2.13. The Hall–Kier alpha value is -2.22. The van der Waals surface area contributed by atoms with Crippen LogP contribution in [0.25, 0.3) is 10.9 Å². The molecule has 2 rings (SSSR count). The molecular formula is C13H15N3O4S. The maximum Gasteiger partial charge on any atom is 0.374 e. The van der Waals surface area contributed by atoms with Gasteiger partial charge in [0.05, 0.1) is 11.3 Å². The number of benzene rings is 1. The Balaban J connectivity index is 2.31. The van der Waals surface area contributed by atoms with Crippen LogP contribution in [-0.4, -0.2) is 47.5 Å². The lowest BCUT2D eigenvalue weighted by Crippen LogP contribution is -2.18. The van der Waals surface area contributed by atoms with Crippen molar-refractivity contribution in [2.45, 2.75) is 6.92 Å². The van der Waals surface area contributed by atoms with Crippen LogP contribution in [0.4, 0.5) is 5.82 Å². The zero-order valence-corrected chi connectivity index (χ0v) is 12.2. The van der Waals surface area contributed by atoms with Crippen molar-refractivity contribution in [3.05, 3.63) is 30.1 Å². The van der Waals surface area contributed by atoms with E-state index >= 15 is 0 Å². The number of rotatable bonds is 6. The van der Waals surface area contributed by atoms with Crippen LogP contribution in [0.15, 0.2) is 24.3 Å². The lowest BCUT2D eigenvalue weighted by atomic mass is 10.2. The Morgan fingerprint density at radius 1 is 1.29 bits per heavy atom. The van der Waals surface area contributed by atoms with Gasteiger partial charge in [-0.15, -0.1) is 0 Å². The molecule has 0 bridgehead atoms. The quantitative estimate of drug-likeness (QED) is 0.824. The summed E-state index contributed by atoms with van der Waals surface area (Å²) in [7, 11) is -3.09. The third kappa shape index (κ3) is 3.66. The SMILES string of the molecule is CCS(=O)(=O)CCNc1nc(C(=O)O)nc2ccccc12. The fourth-order valence-electron chi connectivity index (χ4n) is 1.78. The van der Waals surface area contributed by atoms with Gasteiger partial charge in [-0.25, -0.2) is 23.2 Å². The van der Waals surface area contributed by atoms with Crippen molar-refractivity contribution in [2.24, 2.45) is 0 Å². The van der Waals surface area contributed by atoms with Crippen molar-refractivity contribution < 1.29 is 18.3 Å². The number of aromatic carboxylic acids is 1. The maximum absolute atomic E-state index is 11.5. The first kappa shape index (κ1) is 15.2. The van der Waals surface area contributed by atoms with Gasteiger partial charge in [0, 0.05) is 17.7 Å². The van der Waals surface area contributed by atoms with Gasteiger partial charge >= 0.3 is 5.97 Å². The number of aromatic nitrogens is 2. The molecule has 0 fully saturated rings. The first-order chi connectivity index (χ1) is 9.93. The molecule has 2 N–H and O–H groups in total. The van der Waals surface area contributed by atoms with Crippen LogP contribution in [0.3, 0.4) is 0 Å². The number of nitrogens with one attached hydrogen (secondary N) is 1. The van der Waals surface area contributed by atoms with Crippen molar-refractivity contribution in [3.63, 3.8) is 0 Å². The number of para-hydroxylation sites is 1. The van der Waals surface area contributed by atoms with Crippen LogP contribution in [0.1, 0.15) is 17.5 Å². The number of carboxylic acids is 1. The minimum Gasteiger partial charge on any atom is -0.475 e. The van der Waals surface area contributed by atoms with Crippen molar-refractivity contribution in [3.8, 4) is 0 Å². The molecule has 0 spiro atoms. The van der Waals surface area contributed by atoms with E-state index in [-0.39, 0.29) is 23.9 Å². The van der Waals surface area contributed by atoms with Crippen molar-refractivity contribution >= 4 is 32.5 Å². The number of fused-ring (bicyclic) bond motifs is 1.